The van der Waals surface area contributed by atoms with Gasteiger partial charge in [-0.1, -0.05) is 12.1 Å². The second-order valence-corrected chi connectivity index (χ2v) is 5.55. The van der Waals surface area contributed by atoms with E-state index in [1.54, 1.807) is 12.1 Å². The Morgan fingerprint density at radius 2 is 1.69 bits per heavy atom. The highest BCUT2D eigenvalue weighted by Gasteiger charge is 2.06. The predicted octanol–water partition coefficient (Wildman–Crippen LogP) is 4.54. The Morgan fingerprint density at radius 3 is 2.38 bits per heavy atom. The van der Waals surface area contributed by atoms with Crippen molar-refractivity contribution >= 4 is 23.0 Å². The number of aromatic nitrogens is 2. The molecule has 0 amide bonds. The number of nitrogens with one attached hydrogen (secondary N) is 2. The zero-order chi connectivity index (χ0) is 18.4. The fourth-order valence-electron chi connectivity index (χ4n) is 2.47. The third-order valence-corrected chi connectivity index (χ3v) is 3.59. The van der Waals surface area contributed by atoms with Crippen molar-refractivity contribution in [3.05, 3.63) is 66.0 Å². The SMILES string of the molecule is CCOc1ccc(Nc2cc(Nc3ccccc3C#N)nc(C)n2)cc1. The number of nitriles is 1. The molecule has 0 saturated carbocycles. The zero-order valence-electron chi connectivity index (χ0n) is 14.7. The lowest BCUT2D eigenvalue weighted by molar-refractivity contribution is 0.340. The van der Waals surface area contributed by atoms with Crippen LogP contribution >= 0.6 is 0 Å². The van der Waals surface area contributed by atoms with Gasteiger partial charge in [-0.15, -0.1) is 0 Å². The quantitative estimate of drug-likeness (QED) is 0.682. The van der Waals surface area contributed by atoms with Crippen LogP contribution in [0.15, 0.2) is 54.6 Å². The first-order chi connectivity index (χ1) is 12.7. The maximum atomic E-state index is 9.22. The highest BCUT2D eigenvalue weighted by atomic mass is 16.5. The summed E-state index contributed by atoms with van der Waals surface area (Å²) in [5, 5.41) is 15.7. The van der Waals surface area contributed by atoms with Crippen LogP contribution in [0, 0.1) is 18.3 Å². The lowest BCUT2D eigenvalue weighted by Gasteiger charge is -2.11. The van der Waals surface area contributed by atoms with Crippen LogP contribution in [0.3, 0.4) is 0 Å². The van der Waals surface area contributed by atoms with Crippen LogP contribution in [-0.2, 0) is 0 Å². The molecule has 2 aromatic carbocycles. The van der Waals surface area contributed by atoms with Gasteiger partial charge in [0.15, 0.2) is 0 Å². The molecule has 0 radical (unpaired) electrons. The fourth-order valence-corrected chi connectivity index (χ4v) is 2.47. The first-order valence-electron chi connectivity index (χ1n) is 8.29. The predicted molar refractivity (Wildman–Crippen MR) is 102 cm³/mol. The number of anilines is 4. The molecule has 6 nitrogen and oxygen atoms in total. The van der Waals surface area contributed by atoms with Gasteiger partial charge in [0.05, 0.1) is 17.9 Å². The molecule has 0 atom stereocenters. The minimum Gasteiger partial charge on any atom is -0.494 e. The van der Waals surface area contributed by atoms with Crippen LogP contribution in [0.5, 0.6) is 5.75 Å². The molecular formula is C20H19N5O. The number of hydrogen-bond donors (Lipinski definition) is 2. The van der Waals surface area contributed by atoms with Gasteiger partial charge in [0.25, 0.3) is 0 Å². The molecule has 130 valence electrons. The number of benzene rings is 2. The van der Waals surface area contributed by atoms with E-state index >= 15 is 0 Å². The van der Waals surface area contributed by atoms with Crippen molar-refractivity contribution in [2.24, 2.45) is 0 Å². The highest BCUT2D eigenvalue weighted by Crippen LogP contribution is 2.23. The van der Waals surface area contributed by atoms with Crippen molar-refractivity contribution in [3.63, 3.8) is 0 Å². The molecule has 2 N–H and O–H groups in total. The summed E-state index contributed by atoms with van der Waals surface area (Å²) in [6.45, 7) is 4.41. The number of ether oxygens (including phenoxy) is 1. The third kappa shape index (κ3) is 4.28. The lowest BCUT2D eigenvalue weighted by atomic mass is 10.2. The lowest BCUT2D eigenvalue weighted by Crippen LogP contribution is -2.02. The summed E-state index contributed by atoms with van der Waals surface area (Å²) >= 11 is 0. The second-order valence-electron chi connectivity index (χ2n) is 5.55. The number of hydrogen-bond acceptors (Lipinski definition) is 6. The molecule has 1 heterocycles. The minimum absolute atomic E-state index is 0.560. The first kappa shape index (κ1) is 17.2. The Balaban J connectivity index is 1.80. The van der Waals surface area contributed by atoms with Crippen LogP contribution in [0.2, 0.25) is 0 Å². The molecule has 1 aromatic heterocycles. The standard InChI is InChI=1S/C20H19N5O/c1-3-26-17-10-8-16(9-11-17)24-19-12-20(23-14(2)22-19)25-18-7-5-4-6-15(18)13-21/h4-12H,3H2,1-2H3,(H2,22,23,24,25). The largest absolute Gasteiger partial charge is 0.494 e. The smallest absolute Gasteiger partial charge is 0.136 e. The van der Waals surface area contributed by atoms with E-state index in [9.17, 15) is 5.26 Å². The summed E-state index contributed by atoms with van der Waals surface area (Å²) in [5.41, 5.74) is 2.17. The maximum absolute atomic E-state index is 9.22. The molecule has 0 unspecified atom stereocenters. The molecule has 3 rings (SSSR count). The van der Waals surface area contributed by atoms with Crippen LogP contribution in [0.25, 0.3) is 0 Å². The van der Waals surface area contributed by atoms with Crippen molar-refractivity contribution in [3.8, 4) is 11.8 Å². The monoisotopic (exact) mass is 345 g/mol. The topological polar surface area (TPSA) is 82.9 Å². The first-order valence-corrected chi connectivity index (χ1v) is 8.29. The molecule has 0 aliphatic rings. The van der Waals surface area contributed by atoms with Gasteiger partial charge in [-0.3, -0.25) is 0 Å². The summed E-state index contributed by atoms with van der Waals surface area (Å²) < 4.78 is 5.45. The van der Waals surface area contributed by atoms with Crippen molar-refractivity contribution in [2.45, 2.75) is 13.8 Å². The molecule has 0 bridgehead atoms. The Bertz CT molecular complexity index is 932. The summed E-state index contributed by atoms with van der Waals surface area (Å²) in [6.07, 6.45) is 0. The Labute approximate surface area is 152 Å². The van der Waals surface area contributed by atoms with E-state index in [-0.39, 0.29) is 0 Å². The average molecular weight is 345 g/mol. The number of nitrogens with zero attached hydrogens (tertiary/aromatic N) is 3. The summed E-state index contributed by atoms with van der Waals surface area (Å²) in [5.74, 6) is 2.73. The van der Waals surface area contributed by atoms with Crippen LogP contribution in [0.4, 0.5) is 23.0 Å². The van der Waals surface area contributed by atoms with Crippen molar-refractivity contribution in [1.82, 2.24) is 9.97 Å². The van der Waals surface area contributed by atoms with E-state index in [0.717, 1.165) is 11.4 Å². The van der Waals surface area contributed by atoms with E-state index in [4.69, 9.17) is 4.74 Å². The molecule has 0 aliphatic heterocycles. The Kier molecular flexibility index (Phi) is 5.30. The van der Waals surface area contributed by atoms with Gasteiger partial charge in [0.1, 0.15) is 29.3 Å². The Morgan fingerprint density at radius 1 is 1.00 bits per heavy atom. The highest BCUT2D eigenvalue weighted by molar-refractivity contribution is 5.67. The van der Waals surface area contributed by atoms with Crippen LogP contribution in [0.1, 0.15) is 18.3 Å². The molecule has 3 aromatic rings. The van der Waals surface area contributed by atoms with Gasteiger partial charge in [-0.2, -0.15) is 5.26 Å². The van der Waals surface area contributed by atoms with Gasteiger partial charge in [0, 0.05) is 11.8 Å². The Hall–Kier alpha value is -3.59. The van der Waals surface area contributed by atoms with E-state index in [1.165, 1.54) is 0 Å². The molecule has 0 spiro atoms. The van der Waals surface area contributed by atoms with E-state index in [2.05, 4.69) is 26.7 Å². The molecule has 0 saturated heterocycles. The number of rotatable bonds is 6. The zero-order valence-corrected chi connectivity index (χ0v) is 14.7. The maximum Gasteiger partial charge on any atom is 0.136 e. The molecule has 26 heavy (non-hydrogen) atoms. The van der Waals surface area contributed by atoms with E-state index in [1.807, 2.05) is 56.3 Å². The van der Waals surface area contributed by atoms with Crippen molar-refractivity contribution in [2.75, 3.05) is 17.2 Å². The van der Waals surface area contributed by atoms with Gasteiger partial charge < -0.3 is 15.4 Å². The van der Waals surface area contributed by atoms with Gasteiger partial charge >= 0.3 is 0 Å². The van der Waals surface area contributed by atoms with Crippen molar-refractivity contribution in [1.29, 1.82) is 5.26 Å². The van der Waals surface area contributed by atoms with Crippen molar-refractivity contribution < 1.29 is 4.74 Å². The number of aryl methyl sites for hydroxylation is 1. The third-order valence-electron chi connectivity index (χ3n) is 3.59. The fraction of sp³-hybridized carbons (Fsp3) is 0.150. The van der Waals surface area contributed by atoms with E-state index < -0.39 is 0 Å². The van der Waals surface area contributed by atoms with Gasteiger partial charge in [-0.25, -0.2) is 9.97 Å². The molecular weight excluding hydrogens is 326 g/mol. The number of para-hydroxylation sites is 1. The van der Waals surface area contributed by atoms with E-state index in [0.29, 0.717) is 35.3 Å². The normalized spacial score (nSPS) is 10.0. The molecule has 0 aliphatic carbocycles. The molecule has 6 heteroatoms. The van der Waals surface area contributed by atoms with Gasteiger partial charge in [0.2, 0.25) is 0 Å². The van der Waals surface area contributed by atoms with Crippen LogP contribution < -0.4 is 15.4 Å². The second kappa shape index (κ2) is 7.99. The summed E-state index contributed by atoms with van der Waals surface area (Å²) in [6, 6.07) is 18.9. The van der Waals surface area contributed by atoms with Crippen LogP contribution in [-0.4, -0.2) is 16.6 Å². The van der Waals surface area contributed by atoms with Gasteiger partial charge in [-0.05, 0) is 50.2 Å². The minimum atomic E-state index is 0.560. The summed E-state index contributed by atoms with van der Waals surface area (Å²) in [4.78, 5) is 8.81. The average Bonchev–Trinajstić information content (AvgIpc) is 2.63. The molecule has 0 fully saturated rings. The summed E-state index contributed by atoms with van der Waals surface area (Å²) in [7, 11) is 0.